The zero-order valence-electron chi connectivity index (χ0n) is 23.0. The summed E-state index contributed by atoms with van der Waals surface area (Å²) in [5, 5.41) is 0. The molecular weight excluding hydrogens is 548 g/mol. The minimum absolute atomic E-state index is 0.0909. The number of hydrogen-bond acceptors (Lipinski definition) is 0. The van der Waals surface area contributed by atoms with E-state index in [9.17, 15) is 34.5 Å². The normalized spacial score (nSPS) is 23.5. The lowest BCUT2D eigenvalue weighted by Gasteiger charge is -2.35. The third-order valence-electron chi connectivity index (χ3n) is 9.22. The molecule has 0 heterocycles. The highest BCUT2D eigenvalue weighted by Crippen LogP contribution is 2.61. The molecule has 0 aromatic rings. The molecule has 0 nitrogen and oxygen atoms in total. The summed E-state index contributed by atoms with van der Waals surface area (Å²) in [7, 11) is -12.2. The van der Waals surface area contributed by atoms with Crippen LogP contribution in [0.15, 0.2) is 0 Å². The molecule has 0 N–H and O–H groups in total. The summed E-state index contributed by atoms with van der Waals surface area (Å²) in [5.74, 6) is 0. The molecule has 12 heteroatoms. The Labute approximate surface area is 228 Å². The van der Waals surface area contributed by atoms with Crippen LogP contribution in [0.1, 0.15) is 128 Å². The van der Waals surface area contributed by atoms with Crippen molar-refractivity contribution >= 4 is 30.4 Å². The van der Waals surface area contributed by atoms with Gasteiger partial charge in [-0.2, -0.15) is 0 Å². The van der Waals surface area contributed by atoms with Crippen molar-refractivity contribution in [3.05, 3.63) is 0 Å². The second kappa shape index (κ2) is 18.1. The molecular formula is C26H50B2F8P2. The summed E-state index contributed by atoms with van der Waals surface area (Å²) < 4.78 is 78.0. The first-order chi connectivity index (χ1) is 17.9. The molecule has 4 aliphatic carbocycles. The van der Waals surface area contributed by atoms with Crippen LogP contribution in [0.2, 0.25) is 0 Å². The molecule has 0 aromatic carbocycles. The van der Waals surface area contributed by atoms with E-state index in [4.69, 9.17) is 0 Å². The van der Waals surface area contributed by atoms with Crippen LogP contribution in [0.4, 0.5) is 34.5 Å². The lowest BCUT2D eigenvalue weighted by Crippen LogP contribution is -2.26. The molecule has 0 saturated heterocycles. The summed E-state index contributed by atoms with van der Waals surface area (Å²) >= 11 is 0. The zero-order chi connectivity index (χ0) is 28.0. The molecule has 0 amide bonds. The summed E-state index contributed by atoms with van der Waals surface area (Å²) in [6, 6.07) is 0. The Bertz CT molecular complexity index is 499. The van der Waals surface area contributed by atoms with Crippen molar-refractivity contribution in [2.75, 3.05) is 12.3 Å². The Morgan fingerprint density at radius 1 is 0.342 bits per heavy atom. The second-order valence-corrected chi connectivity index (χ2v) is 18.5. The smallest absolute Gasteiger partial charge is 0.418 e. The van der Waals surface area contributed by atoms with Crippen LogP contribution >= 0.6 is 15.8 Å². The monoisotopic (exact) mass is 598 g/mol. The second-order valence-electron chi connectivity index (χ2n) is 12.0. The van der Waals surface area contributed by atoms with E-state index in [0.29, 0.717) is 0 Å². The van der Waals surface area contributed by atoms with Gasteiger partial charge in [0.15, 0.2) is 0 Å². The van der Waals surface area contributed by atoms with Crippen LogP contribution in [0.5, 0.6) is 0 Å². The average Bonchev–Trinajstić information content (AvgIpc) is 2.87. The van der Waals surface area contributed by atoms with E-state index < -0.39 is 14.5 Å². The largest absolute Gasteiger partial charge is 0.673 e. The summed E-state index contributed by atoms with van der Waals surface area (Å²) in [5.41, 5.74) is 4.90. The predicted octanol–water partition coefficient (Wildman–Crippen LogP) is 11.3. The molecule has 4 saturated carbocycles. The molecule has 0 atom stereocenters. The summed E-state index contributed by atoms with van der Waals surface area (Å²) in [6.07, 6.45) is 35.5. The van der Waals surface area contributed by atoms with E-state index in [2.05, 4.69) is 0 Å². The number of halogens is 8. The maximum atomic E-state index is 9.75. The fraction of sp³-hybridized carbons (Fsp3) is 1.00. The van der Waals surface area contributed by atoms with Crippen molar-refractivity contribution in [3.8, 4) is 0 Å². The third kappa shape index (κ3) is 16.0. The molecule has 0 bridgehead atoms. The number of hydrogen-bond donors (Lipinski definition) is 0. The minimum Gasteiger partial charge on any atom is -0.418 e. The molecule has 4 aliphatic rings. The Morgan fingerprint density at radius 2 is 0.500 bits per heavy atom. The van der Waals surface area contributed by atoms with E-state index >= 15 is 0 Å². The zero-order valence-corrected chi connectivity index (χ0v) is 25.0. The van der Waals surface area contributed by atoms with Crippen LogP contribution in [0.25, 0.3) is 0 Å². The van der Waals surface area contributed by atoms with E-state index in [-0.39, 0.29) is 15.8 Å². The highest BCUT2D eigenvalue weighted by molar-refractivity contribution is 7.63. The maximum Gasteiger partial charge on any atom is 0.673 e. The SMILES string of the molecule is C1CCC([PH+](CC[PH+](C2CCCCC2)C2CCCCC2)C2CCCCC2)CC1.F[B-](F)(F)F.F[B-](F)(F)F. The highest BCUT2D eigenvalue weighted by atomic mass is 31.1. The van der Waals surface area contributed by atoms with Crippen molar-refractivity contribution in [1.29, 1.82) is 0 Å². The van der Waals surface area contributed by atoms with E-state index in [1.807, 2.05) is 0 Å². The van der Waals surface area contributed by atoms with Crippen molar-refractivity contribution in [2.45, 2.75) is 151 Å². The fourth-order valence-electron chi connectivity index (χ4n) is 7.67. The lowest BCUT2D eigenvalue weighted by molar-refractivity contribution is 0.366. The molecule has 0 unspecified atom stereocenters. The van der Waals surface area contributed by atoms with E-state index in [1.165, 1.54) is 22.6 Å². The van der Waals surface area contributed by atoms with Crippen molar-refractivity contribution < 1.29 is 34.5 Å². The van der Waals surface area contributed by atoms with Gasteiger partial charge in [0.2, 0.25) is 0 Å². The molecule has 0 aliphatic heterocycles. The maximum absolute atomic E-state index is 9.75. The third-order valence-corrected chi connectivity index (χ3v) is 17.9. The molecule has 4 fully saturated rings. The Hall–Kier alpha value is 0.430. The Kier molecular flexibility index (Phi) is 16.5. The van der Waals surface area contributed by atoms with Gasteiger partial charge in [0.25, 0.3) is 0 Å². The minimum atomic E-state index is -6.00. The first-order valence-corrected chi connectivity index (χ1v) is 19.1. The van der Waals surface area contributed by atoms with Crippen LogP contribution in [-0.4, -0.2) is 49.5 Å². The Balaban J connectivity index is 0.000000435. The van der Waals surface area contributed by atoms with Crippen molar-refractivity contribution in [2.24, 2.45) is 0 Å². The molecule has 4 rings (SSSR count). The van der Waals surface area contributed by atoms with Gasteiger partial charge in [-0.1, -0.05) is 25.7 Å². The van der Waals surface area contributed by atoms with Crippen molar-refractivity contribution in [1.82, 2.24) is 0 Å². The standard InChI is InChI=1S/C26H48P2.2BF4/c1-5-13-23(14-6-1)27(24-15-7-2-8-16-24)21-22-28(25-17-9-3-10-18-25)26-19-11-4-12-20-26;2*2-1(3,4)5/h23-26H,1-22H2;;/q;2*-1/p+2. The van der Waals surface area contributed by atoms with Crippen LogP contribution < -0.4 is 0 Å². The highest BCUT2D eigenvalue weighted by Gasteiger charge is 2.42. The quantitative estimate of drug-likeness (QED) is 0.155. The Morgan fingerprint density at radius 3 is 0.658 bits per heavy atom. The summed E-state index contributed by atoms with van der Waals surface area (Å²) in [4.78, 5) is 0. The van der Waals surface area contributed by atoms with Gasteiger partial charge in [0, 0.05) is 15.8 Å². The van der Waals surface area contributed by atoms with Gasteiger partial charge in [-0.15, -0.1) is 0 Å². The van der Waals surface area contributed by atoms with Crippen LogP contribution in [0.3, 0.4) is 0 Å². The van der Waals surface area contributed by atoms with Crippen LogP contribution in [-0.2, 0) is 0 Å². The fourth-order valence-corrected chi connectivity index (χ4v) is 17.5. The lowest BCUT2D eigenvalue weighted by atomic mass is 9.99. The molecule has 38 heavy (non-hydrogen) atoms. The van der Waals surface area contributed by atoms with E-state index in [1.54, 1.807) is 141 Å². The van der Waals surface area contributed by atoms with Gasteiger partial charge < -0.3 is 34.5 Å². The topological polar surface area (TPSA) is 0 Å². The number of rotatable bonds is 7. The molecule has 0 aromatic heterocycles. The average molecular weight is 598 g/mol. The van der Waals surface area contributed by atoms with Gasteiger partial charge in [-0.3, -0.25) is 0 Å². The van der Waals surface area contributed by atoms with Gasteiger partial charge >= 0.3 is 14.5 Å². The van der Waals surface area contributed by atoms with Gasteiger partial charge in [-0.05, 0) is 103 Å². The molecule has 226 valence electrons. The first kappa shape index (κ1) is 34.6. The van der Waals surface area contributed by atoms with Crippen LogP contribution in [0, 0.1) is 0 Å². The van der Waals surface area contributed by atoms with E-state index in [0.717, 1.165) is 0 Å². The van der Waals surface area contributed by atoms with Gasteiger partial charge in [0.1, 0.15) is 0 Å². The molecule has 0 radical (unpaired) electrons. The summed E-state index contributed by atoms with van der Waals surface area (Å²) in [6.45, 7) is 0. The first-order valence-electron chi connectivity index (χ1n) is 15.4. The van der Waals surface area contributed by atoms with Crippen molar-refractivity contribution in [3.63, 3.8) is 0 Å². The molecule has 0 spiro atoms. The van der Waals surface area contributed by atoms with Gasteiger partial charge in [0.05, 0.1) is 35.0 Å². The predicted molar refractivity (Wildman–Crippen MR) is 154 cm³/mol. The van der Waals surface area contributed by atoms with Gasteiger partial charge in [-0.25, -0.2) is 0 Å².